The minimum absolute atomic E-state index is 0.0725. The van der Waals surface area contributed by atoms with E-state index in [1.165, 1.54) is 12.1 Å². The summed E-state index contributed by atoms with van der Waals surface area (Å²) >= 11 is 0. The van der Waals surface area contributed by atoms with E-state index in [1.54, 1.807) is 24.1 Å². The number of nitrogens with zero attached hydrogens (tertiary/aromatic N) is 2. The quantitative estimate of drug-likeness (QED) is 0.793. The van der Waals surface area contributed by atoms with Crippen LogP contribution in [0.4, 0.5) is 0 Å². The number of rotatable bonds is 6. The van der Waals surface area contributed by atoms with Crippen molar-refractivity contribution in [2.24, 2.45) is 0 Å². The zero-order valence-electron chi connectivity index (χ0n) is 15.3. The Morgan fingerprint density at radius 2 is 2.04 bits per heavy atom. The van der Waals surface area contributed by atoms with Gasteiger partial charge in [-0.15, -0.1) is 0 Å². The van der Waals surface area contributed by atoms with E-state index in [0.29, 0.717) is 25.3 Å². The van der Waals surface area contributed by atoms with Crippen LogP contribution >= 0.6 is 0 Å². The van der Waals surface area contributed by atoms with E-state index in [9.17, 15) is 13.2 Å². The molecule has 0 saturated carbocycles. The molecule has 2 aliphatic rings. The lowest BCUT2D eigenvalue weighted by molar-refractivity contribution is 0.0802. The summed E-state index contributed by atoms with van der Waals surface area (Å²) in [5.74, 6) is -0.191. The van der Waals surface area contributed by atoms with E-state index in [-0.39, 0.29) is 22.9 Å². The largest absolute Gasteiger partial charge is 0.378 e. The number of amides is 1. The van der Waals surface area contributed by atoms with Crippen molar-refractivity contribution in [3.05, 3.63) is 29.8 Å². The summed E-state index contributed by atoms with van der Waals surface area (Å²) in [4.78, 5) is 16.3. The zero-order valence-corrected chi connectivity index (χ0v) is 16.2. The fourth-order valence-corrected chi connectivity index (χ4v) is 4.82. The molecule has 2 fully saturated rings. The topological polar surface area (TPSA) is 79.0 Å². The highest BCUT2D eigenvalue weighted by Gasteiger charge is 2.37. The molecule has 3 rings (SSSR count). The number of hydrogen-bond donors (Lipinski definition) is 1. The van der Waals surface area contributed by atoms with Crippen molar-refractivity contribution in [2.45, 2.75) is 36.7 Å². The molecule has 0 aliphatic carbocycles. The second-order valence-electron chi connectivity index (χ2n) is 6.92. The predicted molar refractivity (Wildman–Crippen MR) is 98.6 cm³/mol. The Kier molecular flexibility index (Phi) is 5.96. The van der Waals surface area contributed by atoms with Crippen LogP contribution < -0.4 is 4.72 Å². The molecule has 0 spiro atoms. The molecule has 0 bridgehead atoms. The second-order valence-corrected chi connectivity index (χ2v) is 8.64. The molecule has 1 amide bonds. The van der Waals surface area contributed by atoms with Crippen molar-refractivity contribution in [3.8, 4) is 0 Å². The molecule has 1 aromatic carbocycles. The molecule has 0 unspecified atom stereocenters. The lowest BCUT2D eigenvalue weighted by Gasteiger charge is -2.27. The fraction of sp³-hybridized carbons (Fsp3) is 0.611. The molecule has 8 heteroatoms. The number of sulfonamides is 1. The van der Waals surface area contributed by atoms with Crippen LogP contribution in [0.2, 0.25) is 0 Å². The third-order valence-electron chi connectivity index (χ3n) is 5.18. The Morgan fingerprint density at radius 1 is 1.31 bits per heavy atom. The van der Waals surface area contributed by atoms with Crippen molar-refractivity contribution >= 4 is 15.9 Å². The van der Waals surface area contributed by atoms with Crippen molar-refractivity contribution in [1.29, 1.82) is 0 Å². The van der Waals surface area contributed by atoms with Crippen LogP contribution in [0.1, 0.15) is 30.1 Å². The SMILES string of the molecule is CCN(C)C(=O)c1cccc(S(=O)(=O)N[C@@H]2COC[C@H]2N2CCCC2)c1. The van der Waals surface area contributed by atoms with Crippen LogP contribution in [0, 0.1) is 0 Å². The monoisotopic (exact) mass is 381 g/mol. The maximum Gasteiger partial charge on any atom is 0.253 e. The molecule has 7 nitrogen and oxygen atoms in total. The molecule has 1 aromatic rings. The maximum atomic E-state index is 12.9. The van der Waals surface area contributed by atoms with E-state index >= 15 is 0 Å². The maximum absolute atomic E-state index is 12.9. The van der Waals surface area contributed by atoms with Crippen molar-refractivity contribution in [2.75, 3.05) is 39.9 Å². The van der Waals surface area contributed by atoms with Gasteiger partial charge in [-0.3, -0.25) is 9.69 Å². The van der Waals surface area contributed by atoms with Gasteiger partial charge in [-0.25, -0.2) is 13.1 Å². The number of benzene rings is 1. The van der Waals surface area contributed by atoms with Crippen LogP contribution in [-0.2, 0) is 14.8 Å². The third-order valence-corrected chi connectivity index (χ3v) is 6.67. The zero-order chi connectivity index (χ0) is 18.7. The molecular formula is C18H27N3O4S. The van der Waals surface area contributed by atoms with Crippen LogP contribution in [0.25, 0.3) is 0 Å². The predicted octanol–water partition coefficient (Wildman–Crippen LogP) is 0.920. The number of hydrogen-bond acceptors (Lipinski definition) is 5. The standard InChI is InChI=1S/C18H27N3O4S/c1-3-20(2)18(22)14-7-6-8-15(11-14)26(23,24)19-16-12-25-13-17(16)21-9-4-5-10-21/h6-8,11,16-17,19H,3-5,9-10,12-13H2,1-2H3/t16-,17-/m1/s1. The van der Waals surface area contributed by atoms with Gasteiger partial charge in [0.1, 0.15) is 0 Å². The van der Waals surface area contributed by atoms with Gasteiger partial charge >= 0.3 is 0 Å². The summed E-state index contributed by atoms with van der Waals surface area (Å²) in [6.07, 6.45) is 2.29. The van der Waals surface area contributed by atoms with Gasteiger partial charge in [-0.05, 0) is 51.1 Å². The smallest absolute Gasteiger partial charge is 0.253 e. The molecule has 2 saturated heterocycles. The van der Waals surface area contributed by atoms with Crippen LogP contribution in [-0.4, -0.2) is 76.1 Å². The molecule has 0 aromatic heterocycles. The third kappa shape index (κ3) is 4.09. The molecule has 1 N–H and O–H groups in total. The number of ether oxygens (including phenoxy) is 1. The second kappa shape index (κ2) is 8.04. The molecule has 0 radical (unpaired) electrons. The number of carbonyl (C=O) groups is 1. The van der Waals surface area contributed by atoms with Crippen molar-refractivity contribution in [3.63, 3.8) is 0 Å². The normalized spacial score (nSPS) is 24.1. The summed E-state index contributed by atoms with van der Waals surface area (Å²) in [7, 11) is -2.03. The minimum atomic E-state index is -3.72. The lowest BCUT2D eigenvalue weighted by Crippen LogP contribution is -2.50. The Labute approximate surface area is 155 Å². The molecule has 2 atom stereocenters. The van der Waals surface area contributed by atoms with E-state index in [4.69, 9.17) is 4.74 Å². The number of carbonyl (C=O) groups excluding carboxylic acids is 1. The fourth-order valence-electron chi connectivity index (χ4n) is 3.52. The average Bonchev–Trinajstić information content (AvgIpc) is 3.31. The van der Waals surface area contributed by atoms with Gasteiger partial charge in [0.05, 0.1) is 30.2 Å². The van der Waals surface area contributed by atoms with Crippen LogP contribution in [0.3, 0.4) is 0 Å². The van der Waals surface area contributed by atoms with Gasteiger partial charge in [0.25, 0.3) is 5.91 Å². The Bertz CT molecular complexity index is 747. The Balaban J connectivity index is 1.76. The number of likely N-dealkylation sites (tertiary alicyclic amines) is 1. The summed E-state index contributed by atoms with van der Waals surface area (Å²) in [6, 6.07) is 6.01. The summed E-state index contributed by atoms with van der Waals surface area (Å²) in [6.45, 7) is 5.33. The first-order valence-electron chi connectivity index (χ1n) is 9.12. The minimum Gasteiger partial charge on any atom is -0.378 e. The van der Waals surface area contributed by atoms with E-state index in [0.717, 1.165) is 25.9 Å². The molecule has 144 valence electrons. The Morgan fingerprint density at radius 3 is 2.73 bits per heavy atom. The molecule has 26 heavy (non-hydrogen) atoms. The number of nitrogens with one attached hydrogen (secondary N) is 1. The Hall–Kier alpha value is -1.48. The highest BCUT2D eigenvalue weighted by molar-refractivity contribution is 7.89. The van der Waals surface area contributed by atoms with Gasteiger partial charge in [-0.2, -0.15) is 0 Å². The summed E-state index contributed by atoms with van der Waals surface area (Å²) < 4.78 is 34.0. The van der Waals surface area contributed by atoms with Gasteiger partial charge < -0.3 is 9.64 Å². The van der Waals surface area contributed by atoms with E-state index in [1.807, 2.05) is 6.92 Å². The van der Waals surface area contributed by atoms with Crippen LogP contribution in [0.5, 0.6) is 0 Å². The molecular weight excluding hydrogens is 354 g/mol. The average molecular weight is 381 g/mol. The highest BCUT2D eigenvalue weighted by Crippen LogP contribution is 2.21. The van der Waals surface area contributed by atoms with Gasteiger partial charge in [0, 0.05) is 19.2 Å². The van der Waals surface area contributed by atoms with Crippen LogP contribution in [0.15, 0.2) is 29.2 Å². The first kappa shape index (κ1) is 19.3. The van der Waals surface area contributed by atoms with Crippen molar-refractivity contribution in [1.82, 2.24) is 14.5 Å². The van der Waals surface area contributed by atoms with E-state index in [2.05, 4.69) is 9.62 Å². The van der Waals surface area contributed by atoms with Gasteiger partial charge in [0.2, 0.25) is 10.0 Å². The highest BCUT2D eigenvalue weighted by atomic mass is 32.2. The molecule has 2 heterocycles. The first-order chi connectivity index (χ1) is 12.4. The summed E-state index contributed by atoms with van der Waals surface area (Å²) in [5, 5.41) is 0. The molecule has 2 aliphatic heterocycles. The summed E-state index contributed by atoms with van der Waals surface area (Å²) in [5.41, 5.74) is 0.371. The van der Waals surface area contributed by atoms with E-state index < -0.39 is 10.0 Å². The lowest BCUT2D eigenvalue weighted by atomic mass is 10.1. The van der Waals surface area contributed by atoms with Gasteiger partial charge in [0.15, 0.2) is 0 Å². The van der Waals surface area contributed by atoms with Gasteiger partial charge in [-0.1, -0.05) is 6.07 Å². The van der Waals surface area contributed by atoms with Crippen molar-refractivity contribution < 1.29 is 17.9 Å². The first-order valence-corrected chi connectivity index (χ1v) is 10.6.